The first-order chi connectivity index (χ1) is 6.59. The highest BCUT2D eigenvalue weighted by Crippen LogP contribution is 2.25. The second kappa shape index (κ2) is 2.95. The Morgan fingerprint density at radius 2 is 2.36 bits per heavy atom. The molecular weight excluding hydrogens is 208 g/mol. The molecule has 6 heteroatoms. The molecule has 2 rings (SSSR count). The first kappa shape index (κ1) is 8.96. The summed E-state index contributed by atoms with van der Waals surface area (Å²) in [6, 6.07) is 1.27. The lowest BCUT2D eigenvalue weighted by atomic mass is 10.2. The van der Waals surface area contributed by atoms with Gasteiger partial charge in [0.05, 0.1) is 16.1 Å². The first-order valence-corrected chi connectivity index (χ1v) is 4.13. The largest absolute Gasteiger partial charge is 0.477 e. The highest BCUT2D eigenvalue weighted by atomic mass is 35.5. The average Bonchev–Trinajstić information content (AvgIpc) is 2.48. The van der Waals surface area contributed by atoms with Crippen LogP contribution in [0.25, 0.3) is 11.1 Å². The van der Waals surface area contributed by atoms with Crippen LogP contribution in [-0.2, 0) is 0 Å². The molecular formula is C8H5ClN2O3. The minimum absolute atomic E-state index is 0.146. The van der Waals surface area contributed by atoms with E-state index in [9.17, 15) is 4.79 Å². The van der Waals surface area contributed by atoms with Gasteiger partial charge in [-0.1, -0.05) is 16.8 Å². The van der Waals surface area contributed by atoms with E-state index in [4.69, 9.17) is 21.2 Å². The second-order valence-corrected chi connectivity index (χ2v) is 3.15. The minimum Gasteiger partial charge on any atom is -0.477 e. The van der Waals surface area contributed by atoms with Crippen LogP contribution in [0.3, 0.4) is 0 Å². The van der Waals surface area contributed by atoms with Gasteiger partial charge in [-0.2, -0.15) is 0 Å². The monoisotopic (exact) mass is 212 g/mol. The van der Waals surface area contributed by atoms with Gasteiger partial charge in [0.15, 0.2) is 5.69 Å². The van der Waals surface area contributed by atoms with Crippen LogP contribution in [0.15, 0.2) is 10.6 Å². The van der Waals surface area contributed by atoms with Gasteiger partial charge in [-0.05, 0) is 13.0 Å². The van der Waals surface area contributed by atoms with Gasteiger partial charge >= 0.3 is 5.97 Å². The fraction of sp³-hybridized carbons (Fsp3) is 0.125. The number of hydrogen-bond acceptors (Lipinski definition) is 4. The molecule has 2 aromatic rings. The van der Waals surface area contributed by atoms with Gasteiger partial charge in [0.1, 0.15) is 0 Å². The standard InChI is InChI=1S/C8H5ClN2O3/c1-3-6-4(9)2-5(8(12)13)10-7(6)14-11-3/h2H,1H3,(H,12,13). The van der Waals surface area contributed by atoms with Crippen LogP contribution < -0.4 is 0 Å². The number of carbonyl (C=O) groups is 1. The molecule has 0 fully saturated rings. The number of nitrogens with zero attached hydrogens (tertiary/aromatic N) is 2. The Hall–Kier alpha value is -1.62. The maximum atomic E-state index is 10.6. The number of aryl methyl sites for hydroxylation is 1. The zero-order chi connectivity index (χ0) is 10.3. The fourth-order valence-electron chi connectivity index (χ4n) is 1.15. The second-order valence-electron chi connectivity index (χ2n) is 2.74. The summed E-state index contributed by atoms with van der Waals surface area (Å²) in [6.45, 7) is 1.71. The third-order valence-electron chi connectivity index (χ3n) is 1.79. The van der Waals surface area contributed by atoms with E-state index in [2.05, 4.69) is 10.1 Å². The zero-order valence-electron chi connectivity index (χ0n) is 7.11. The molecule has 14 heavy (non-hydrogen) atoms. The minimum atomic E-state index is -1.15. The molecule has 0 radical (unpaired) electrons. The Bertz CT molecular complexity index is 521. The lowest BCUT2D eigenvalue weighted by molar-refractivity contribution is 0.0690. The van der Waals surface area contributed by atoms with Crippen molar-refractivity contribution in [2.24, 2.45) is 0 Å². The third-order valence-corrected chi connectivity index (χ3v) is 2.09. The van der Waals surface area contributed by atoms with E-state index in [1.807, 2.05) is 0 Å². The Morgan fingerprint density at radius 3 is 3.00 bits per heavy atom. The lowest BCUT2D eigenvalue weighted by Gasteiger charge is -1.95. The number of halogens is 1. The highest BCUT2D eigenvalue weighted by Gasteiger charge is 2.14. The van der Waals surface area contributed by atoms with Gasteiger partial charge in [0.25, 0.3) is 5.71 Å². The van der Waals surface area contributed by atoms with Crippen LogP contribution in [0.1, 0.15) is 16.2 Å². The highest BCUT2D eigenvalue weighted by molar-refractivity contribution is 6.35. The molecule has 2 heterocycles. The van der Waals surface area contributed by atoms with Crippen molar-refractivity contribution in [1.82, 2.24) is 10.1 Å². The van der Waals surface area contributed by atoms with Crippen molar-refractivity contribution in [1.29, 1.82) is 0 Å². The summed E-state index contributed by atoms with van der Waals surface area (Å²) in [4.78, 5) is 14.4. The number of fused-ring (bicyclic) bond motifs is 1. The Balaban J connectivity index is 2.80. The fourth-order valence-corrected chi connectivity index (χ4v) is 1.47. The molecule has 0 saturated carbocycles. The van der Waals surface area contributed by atoms with Gasteiger partial charge in [-0.25, -0.2) is 9.78 Å². The zero-order valence-corrected chi connectivity index (χ0v) is 7.87. The van der Waals surface area contributed by atoms with Crippen LogP contribution in [0.4, 0.5) is 0 Å². The van der Waals surface area contributed by atoms with Crippen LogP contribution in [0.5, 0.6) is 0 Å². The normalized spacial score (nSPS) is 10.7. The van der Waals surface area contributed by atoms with E-state index in [0.717, 1.165) is 0 Å². The first-order valence-electron chi connectivity index (χ1n) is 3.75. The van der Waals surface area contributed by atoms with Crippen molar-refractivity contribution < 1.29 is 14.4 Å². The number of hydrogen-bond donors (Lipinski definition) is 1. The summed E-state index contributed by atoms with van der Waals surface area (Å²) < 4.78 is 4.81. The SMILES string of the molecule is Cc1noc2nc(C(=O)O)cc(Cl)c12. The molecule has 0 aliphatic carbocycles. The molecule has 0 spiro atoms. The summed E-state index contributed by atoms with van der Waals surface area (Å²) in [5, 5.41) is 13.2. The van der Waals surface area contributed by atoms with Crippen molar-refractivity contribution in [2.45, 2.75) is 6.92 Å². The van der Waals surface area contributed by atoms with E-state index in [-0.39, 0.29) is 16.4 Å². The maximum absolute atomic E-state index is 10.6. The van der Waals surface area contributed by atoms with Gasteiger partial charge in [0, 0.05) is 0 Å². The van der Waals surface area contributed by atoms with E-state index in [0.29, 0.717) is 11.1 Å². The molecule has 0 aliphatic heterocycles. The van der Waals surface area contributed by atoms with Crippen molar-refractivity contribution in [3.05, 3.63) is 22.5 Å². The lowest BCUT2D eigenvalue weighted by Crippen LogP contribution is -1.99. The van der Waals surface area contributed by atoms with Crippen LogP contribution in [-0.4, -0.2) is 21.2 Å². The Labute approximate surface area is 83.3 Å². The summed E-state index contributed by atoms with van der Waals surface area (Å²) >= 11 is 5.85. The number of aromatic nitrogens is 2. The number of carboxylic acids is 1. The van der Waals surface area contributed by atoms with Crippen molar-refractivity contribution in [2.75, 3.05) is 0 Å². The Morgan fingerprint density at radius 1 is 1.64 bits per heavy atom. The maximum Gasteiger partial charge on any atom is 0.354 e. The smallest absolute Gasteiger partial charge is 0.354 e. The number of carboxylic acid groups (broad SMARTS) is 1. The van der Waals surface area contributed by atoms with E-state index >= 15 is 0 Å². The number of pyridine rings is 1. The molecule has 0 aliphatic rings. The average molecular weight is 213 g/mol. The van der Waals surface area contributed by atoms with Crippen molar-refractivity contribution >= 4 is 28.7 Å². The van der Waals surface area contributed by atoms with Gasteiger partial charge in [-0.15, -0.1) is 0 Å². The predicted octanol–water partition coefficient (Wildman–Crippen LogP) is 1.88. The molecule has 0 unspecified atom stereocenters. The molecule has 5 nitrogen and oxygen atoms in total. The predicted molar refractivity (Wildman–Crippen MR) is 48.5 cm³/mol. The molecule has 0 saturated heterocycles. The van der Waals surface area contributed by atoms with Crippen molar-refractivity contribution in [3.8, 4) is 0 Å². The molecule has 2 aromatic heterocycles. The summed E-state index contributed by atoms with van der Waals surface area (Å²) in [7, 11) is 0. The summed E-state index contributed by atoms with van der Waals surface area (Å²) in [5.41, 5.74) is 0.584. The summed E-state index contributed by atoms with van der Waals surface area (Å²) in [6.07, 6.45) is 0. The number of aromatic carboxylic acids is 1. The molecule has 0 amide bonds. The van der Waals surface area contributed by atoms with Crippen LogP contribution in [0.2, 0.25) is 5.02 Å². The Kier molecular flexibility index (Phi) is 1.89. The molecule has 72 valence electrons. The van der Waals surface area contributed by atoms with Gasteiger partial charge in [-0.3, -0.25) is 0 Å². The molecule has 0 bridgehead atoms. The van der Waals surface area contributed by atoms with Crippen molar-refractivity contribution in [3.63, 3.8) is 0 Å². The van der Waals surface area contributed by atoms with E-state index in [1.54, 1.807) is 6.92 Å². The molecule has 1 N–H and O–H groups in total. The topological polar surface area (TPSA) is 76.2 Å². The van der Waals surface area contributed by atoms with Gasteiger partial charge in [0.2, 0.25) is 0 Å². The number of rotatable bonds is 1. The third kappa shape index (κ3) is 1.22. The summed E-state index contributed by atoms with van der Waals surface area (Å²) in [5.74, 6) is -1.15. The molecule has 0 atom stereocenters. The van der Waals surface area contributed by atoms with E-state index < -0.39 is 5.97 Å². The molecule has 0 aromatic carbocycles. The van der Waals surface area contributed by atoms with Gasteiger partial charge < -0.3 is 9.63 Å². The van der Waals surface area contributed by atoms with Crippen LogP contribution in [0, 0.1) is 6.92 Å². The van der Waals surface area contributed by atoms with Crippen LogP contribution >= 0.6 is 11.6 Å². The van der Waals surface area contributed by atoms with E-state index in [1.165, 1.54) is 6.07 Å². The quantitative estimate of drug-likeness (QED) is 0.781.